The highest BCUT2D eigenvalue weighted by Crippen LogP contribution is 2.44. The van der Waals surface area contributed by atoms with Crippen LogP contribution in [-0.2, 0) is 14.3 Å². The van der Waals surface area contributed by atoms with Gasteiger partial charge < -0.3 is 20.1 Å². The second-order valence-electron chi connectivity index (χ2n) is 9.29. The van der Waals surface area contributed by atoms with E-state index in [1.807, 2.05) is 36.1 Å². The monoisotopic (exact) mass is 479 g/mol. The van der Waals surface area contributed by atoms with Gasteiger partial charge in [-0.05, 0) is 35.1 Å². The van der Waals surface area contributed by atoms with Crippen LogP contribution in [0.4, 0.5) is 4.79 Å². The quantitative estimate of drug-likeness (QED) is 0.604. The van der Waals surface area contributed by atoms with Crippen molar-refractivity contribution in [3.63, 3.8) is 0 Å². The fourth-order valence-electron chi connectivity index (χ4n) is 5.02. The van der Waals surface area contributed by atoms with Crippen LogP contribution in [0.1, 0.15) is 36.8 Å². The van der Waals surface area contributed by atoms with Gasteiger partial charge in [0.2, 0.25) is 5.91 Å². The minimum atomic E-state index is -0.850. The van der Waals surface area contributed by atoms with Crippen molar-refractivity contribution < 1.29 is 24.2 Å². The molecule has 0 bridgehead atoms. The van der Waals surface area contributed by atoms with Crippen molar-refractivity contribution in [3.8, 4) is 11.1 Å². The number of rotatable bonds is 8. The lowest BCUT2D eigenvalue weighted by atomic mass is 9.98. The van der Waals surface area contributed by atoms with Gasteiger partial charge in [-0.25, -0.2) is 4.79 Å². The first-order chi connectivity index (χ1) is 16.9. The first-order valence-corrected chi connectivity index (χ1v) is 12.3. The number of amides is 2. The number of ether oxygens (including phenoxy) is 1. The van der Waals surface area contributed by atoms with Crippen molar-refractivity contribution in [3.05, 3.63) is 59.7 Å². The Labute approximate surface area is 205 Å². The molecule has 1 aliphatic carbocycles. The number of carboxylic acid groups (broad SMARTS) is 1. The maximum Gasteiger partial charge on any atom is 0.407 e. The first kappa shape index (κ1) is 24.7. The summed E-state index contributed by atoms with van der Waals surface area (Å²) < 4.78 is 5.56. The zero-order chi connectivity index (χ0) is 24.8. The summed E-state index contributed by atoms with van der Waals surface area (Å²) in [6.07, 6.45) is 0.785. The van der Waals surface area contributed by atoms with Crippen LogP contribution in [0.15, 0.2) is 48.5 Å². The zero-order valence-corrected chi connectivity index (χ0v) is 20.1. The number of alkyl carbamates (subject to hydrolysis) is 1. The summed E-state index contributed by atoms with van der Waals surface area (Å²) in [5.74, 6) is -1.04. The van der Waals surface area contributed by atoms with Gasteiger partial charge in [-0.15, -0.1) is 0 Å². The van der Waals surface area contributed by atoms with Crippen LogP contribution in [-0.4, -0.2) is 78.8 Å². The molecule has 8 nitrogen and oxygen atoms in total. The number of aliphatic carboxylic acids is 1. The highest BCUT2D eigenvalue weighted by molar-refractivity contribution is 5.79. The van der Waals surface area contributed by atoms with Gasteiger partial charge in [0.1, 0.15) is 6.61 Å². The molecule has 1 unspecified atom stereocenters. The third kappa shape index (κ3) is 6.00. The van der Waals surface area contributed by atoms with E-state index in [0.29, 0.717) is 39.1 Å². The Morgan fingerprint density at radius 1 is 1.00 bits per heavy atom. The maximum atomic E-state index is 12.8. The molecular weight excluding hydrogens is 446 g/mol. The summed E-state index contributed by atoms with van der Waals surface area (Å²) in [7, 11) is 0. The number of nitrogens with one attached hydrogen (secondary N) is 1. The molecule has 0 radical (unpaired) electrons. The second kappa shape index (κ2) is 11.4. The Morgan fingerprint density at radius 3 is 2.31 bits per heavy atom. The first-order valence-electron chi connectivity index (χ1n) is 12.3. The number of nitrogens with zero attached hydrogens (tertiary/aromatic N) is 2. The van der Waals surface area contributed by atoms with Crippen LogP contribution in [0.3, 0.4) is 0 Å². The van der Waals surface area contributed by atoms with Crippen LogP contribution in [0.25, 0.3) is 11.1 Å². The summed E-state index contributed by atoms with van der Waals surface area (Å²) >= 11 is 0. The largest absolute Gasteiger partial charge is 0.480 e. The number of fused-ring (bicyclic) bond motifs is 3. The molecule has 2 aliphatic rings. The molecule has 0 spiro atoms. The summed E-state index contributed by atoms with van der Waals surface area (Å²) in [5, 5.41) is 11.8. The summed E-state index contributed by atoms with van der Waals surface area (Å²) in [4.78, 5) is 39.8. The second-order valence-corrected chi connectivity index (χ2v) is 9.29. The standard InChI is InChI=1S/C27H33N3O5/c1-19(26(33)30-14-6-13-29(15-16-30)17-25(31)32)11-12-28-27(34)35-18-24-22-9-4-2-7-20(22)21-8-3-5-10-23(21)24/h2-5,7-10,19,24H,6,11-18H2,1H3,(H,28,34)(H,31,32). The van der Waals surface area contributed by atoms with E-state index in [1.54, 1.807) is 4.90 Å². The Bertz CT molecular complexity index is 1030. The third-order valence-corrected chi connectivity index (χ3v) is 6.87. The fraction of sp³-hybridized carbons (Fsp3) is 0.444. The van der Waals surface area contributed by atoms with Crippen molar-refractivity contribution in [1.82, 2.24) is 15.1 Å². The fourth-order valence-corrected chi connectivity index (χ4v) is 5.02. The number of carbonyl (C=O) groups excluding carboxylic acids is 2. The van der Waals surface area contributed by atoms with E-state index >= 15 is 0 Å². The molecule has 0 aromatic heterocycles. The van der Waals surface area contributed by atoms with Crippen molar-refractivity contribution in [2.75, 3.05) is 45.9 Å². The highest BCUT2D eigenvalue weighted by atomic mass is 16.5. The van der Waals surface area contributed by atoms with E-state index in [2.05, 4.69) is 29.6 Å². The van der Waals surface area contributed by atoms with Gasteiger partial charge in [0.05, 0.1) is 6.54 Å². The molecule has 2 aromatic rings. The summed E-state index contributed by atoms with van der Waals surface area (Å²) in [6.45, 7) is 4.85. The van der Waals surface area contributed by atoms with Gasteiger partial charge in [-0.2, -0.15) is 0 Å². The zero-order valence-electron chi connectivity index (χ0n) is 20.1. The molecule has 1 saturated heterocycles. The molecule has 2 aromatic carbocycles. The number of carbonyl (C=O) groups is 3. The predicted molar refractivity (Wildman–Crippen MR) is 132 cm³/mol. The van der Waals surface area contributed by atoms with E-state index in [0.717, 1.165) is 6.42 Å². The lowest BCUT2D eigenvalue weighted by Crippen LogP contribution is -2.40. The van der Waals surface area contributed by atoms with Gasteiger partial charge >= 0.3 is 12.1 Å². The number of benzene rings is 2. The van der Waals surface area contributed by atoms with Crippen LogP contribution in [0, 0.1) is 5.92 Å². The summed E-state index contributed by atoms with van der Waals surface area (Å²) in [5.41, 5.74) is 4.70. The van der Waals surface area contributed by atoms with E-state index in [-0.39, 0.29) is 30.9 Å². The van der Waals surface area contributed by atoms with Gasteiger partial charge in [0.25, 0.3) is 0 Å². The van der Waals surface area contributed by atoms with E-state index in [4.69, 9.17) is 9.84 Å². The lowest BCUT2D eigenvalue weighted by molar-refractivity contribution is -0.138. The minimum absolute atomic E-state index is 0.00163. The maximum absolute atomic E-state index is 12.8. The Morgan fingerprint density at radius 2 is 1.66 bits per heavy atom. The van der Waals surface area contributed by atoms with E-state index in [1.165, 1.54) is 22.3 Å². The Hall–Kier alpha value is -3.39. The molecule has 8 heteroatoms. The van der Waals surface area contributed by atoms with E-state index < -0.39 is 12.1 Å². The molecule has 1 fully saturated rings. The summed E-state index contributed by atoms with van der Waals surface area (Å²) in [6, 6.07) is 16.4. The molecule has 0 saturated carbocycles. The molecule has 1 atom stereocenters. The van der Waals surface area contributed by atoms with Crippen LogP contribution >= 0.6 is 0 Å². The van der Waals surface area contributed by atoms with Crippen molar-refractivity contribution in [2.24, 2.45) is 5.92 Å². The molecule has 1 aliphatic heterocycles. The third-order valence-electron chi connectivity index (χ3n) is 6.87. The van der Waals surface area contributed by atoms with Crippen LogP contribution in [0.5, 0.6) is 0 Å². The normalized spacial score (nSPS) is 16.7. The van der Waals surface area contributed by atoms with Gasteiger partial charge in [-0.3, -0.25) is 14.5 Å². The molecule has 35 heavy (non-hydrogen) atoms. The SMILES string of the molecule is CC(CCNC(=O)OCC1c2ccccc2-c2ccccc21)C(=O)N1CCCN(CC(=O)O)CC1. The molecule has 2 N–H and O–H groups in total. The Balaban J connectivity index is 1.21. The van der Waals surface area contributed by atoms with E-state index in [9.17, 15) is 14.4 Å². The predicted octanol–water partition coefficient (Wildman–Crippen LogP) is 3.17. The van der Waals surface area contributed by atoms with Crippen LogP contribution in [0.2, 0.25) is 0 Å². The molecule has 4 rings (SSSR count). The van der Waals surface area contributed by atoms with Gasteiger partial charge in [-0.1, -0.05) is 55.5 Å². The van der Waals surface area contributed by atoms with Gasteiger partial charge in [0.15, 0.2) is 0 Å². The van der Waals surface area contributed by atoms with Crippen LogP contribution < -0.4 is 5.32 Å². The highest BCUT2D eigenvalue weighted by Gasteiger charge is 2.29. The average molecular weight is 480 g/mol. The van der Waals surface area contributed by atoms with Crippen molar-refractivity contribution in [1.29, 1.82) is 0 Å². The molecular formula is C27H33N3O5. The minimum Gasteiger partial charge on any atom is -0.480 e. The number of carboxylic acids is 1. The van der Waals surface area contributed by atoms with Gasteiger partial charge in [0, 0.05) is 44.6 Å². The molecule has 186 valence electrons. The number of hydrogen-bond acceptors (Lipinski definition) is 5. The smallest absolute Gasteiger partial charge is 0.407 e. The lowest BCUT2D eigenvalue weighted by Gasteiger charge is -2.24. The molecule has 2 amide bonds. The number of hydrogen-bond donors (Lipinski definition) is 2. The Kier molecular flexibility index (Phi) is 8.02. The van der Waals surface area contributed by atoms with Crippen molar-refractivity contribution in [2.45, 2.75) is 25.7 Å². The molecule has 1 heterocycles. The topological polar surface area (TPSA) is 99.2 Å². The van der Waals surface area contributed by atoms with Crippen molar-refractivity contribution >= 4 is 18.0 Å². The average Bonchev–Trinajstić information content (AvgIpc) is 2.98.